The maximum Gasteiger partial charge on any atom is 0.317 e. The molecule has 1 unspecified atom stereocenters. The summed E-state index contributed by atoms with van der Waals surface area (Å²) in [5, 5.41) is 5.07. The summed E-state index contributed by atoms with van der Waals surface area (Å²) in [5.74, 6) is 0.628. The Morgan fingerprint density at radius 1 is 1.29 bits per heavy atom. The predicted octanol–water partition coefficient (Wildman–Crippen LogP) is 3.38. The molecule has 0 spiro atoms. The highest BCUT2D eigenvalue weighted by atomic mass is 32.1. The van der Waals surface area contributed by atoms with Crippen molar-refractivity contribution in [3.05, 3.63) is 58.3 Å². The number of nitrogens with zero attached hydrogens (tertiary/aromatic N) is 2. The van der Waals surface area contributed by atoms with Crippen molar-refractivity contribution in [1.82, 2.24) is 15.1 Å². The first-order valence-electron chi connectivity index (χ1n) is 8.51. The van der Waals surface area contributed by atoms with Crippen molar-refractivity contribution in [2.75, 3.05) is 33.2 Å². The van der Waals surface area contributed by atoms with E-state index < -0.39 is 0 Å². The van der Waals surface area contributed by atoms with Crippen LogP contribution in [0, 0.1) is 0 Å². The van der Waals surface area contributed by atoms with E-state index in [1.165, 1.54) is 16.9 Å². The van der Waals surface area contributed by atoms with Crippen LogP contribution >= 0.6 is 11.3 Å². The molecule has 0 saturated carbocycles. The Labute approximate surface area is 148 Å². The Kier molecular flexibility index (Phi) is 5.88. The molecule has 0 bridgehead atoms. The van der Waals surface area contributed by atoms with Crippen molar-refractivity contribution in [3.63, 3.8) is 0 Å². The number of likely N-dealkylation sites (tertiary alicyclic amines) is 1. The largest absolute Gasteiger partial charge is 0.337 e. The highest BCUT2D eigenvalue weighted by Gasteiger charge is 2.23. The molecule has 5 heteroatoms. The second-order valence-corrected chi connectivity index (χ2v) is 7.40. The zero-order valence-electron chi connectivity index (χ0n) is 14.1. The Hall–Kier alpha value is -1.85. The molecule has 0 radical (unpaired) electrons. The SMILES string of the molecule is CN(Cc1cccs1)C(=O)NCCN1CCC(c2ccccc2)C1. The molecule has 3 rings (SSSR count). The van der Waals surface area contributed by atoms with Crippen LogP contribution in [0.3, 0.4) is 0 Å². The lowest BCUT2D eigenvalue weighted by atomic mass is 9.99. The van der Waals surface area contributed by atoms with Gasteiger partial charge in [0.2, 0.25) is 0 Å². The van der Waals surface area contributed by atoms with Crippen molar-refractivity contribution in [1.29, 1.82) is 0 Å². The molecule has 2 amide bonds. The number of hydrogen-bond donors (Lipinski definition) is 1. The third-order valence-corrected chi connectivity index (χ3v) is 5.43. The third-order valence-electron chi connectivity index (χ3n) is 4.57. The van der Waals surface area contributed by atoms with E-state index in [1.54, 1.807) is 16.2 Å². The van der Waals surface area contributed by atoms with Gasteiger partial charge in [-0.05, 0) is 35.9 Å². The topological polar surface area (TPSA) is 35.6 Å². The molecule has 24 heavy (non-hydrogen) atoms. The van der Waals surface area contributed by atoms with Gasteiger partial charge in [-0.2, -0.15) is 0 Å². The fourth-order valence-corrected chi connectivity index (χ4v) is 3.95. The number of rotatable bonds is 6. The average molecular weight is 343 g/mol. The van der Waals surface area contributed by atoms with E-state index in [9.17, 15) is 4.79 Å². The third kappa shape index (κ3) is 4.58. The summed E-state index contributed by atoms with van der Waals surface area (Å²) in [6.07, 6.45) is 1.20. The van der Waals surface area contributed by atoms with Crippen LogP contribution in [0.1, 0.15) is 22.8 Å². The average Bonchev–Trinajstić information content (AvgIpc) is 3.27. The van der Waals surface area contributed by atoms with E-state index in [-0.39, 0.29) is 6.03 Å². The van der Waals surface area contributed by atoms with Crippen LogP contribution in [0.4, 0.5) is 4.79 Å². The van der Waals surface area contributed by atoms with E-state index in [4.69, 9.17) is 0 Å². The fourth-order valence-electron chi connectivity index (χ4n) is 3.20. The minimum atomic E-state index is 0.00204. The highest BCUT2D eigenvalue weighted by molar-refractivity contribution is 7.09. The number of hydrogen-bond acceptors (Lipinski definition) is 3. The Bertz CT molecular complexity index is 629. The van der Waals surface area contributed by atoms with Crippen molar-refractivity contribution in [2.45, 2.75) is 18.9 Å². The van der Waals surface area contributed by atoms with Gasteiger partial charge in [-0.25, -0.2) is 4.79 Å². The molecule has 1 saturated heterocycles. The molecular weight excluding hydrogens is 318 g/mol. The molecule has 1 aromatic carbocycles. The van der Waals surface area contributed by atoms with E-state index >= 15 is 0 Å². The molecule has 1 N–H and O–H groups in total. The van der Waals surface area contributed by atoms with Gasteiger partial charge in [0.25, 0.3) is 0 Å². The van der Waals surface area contributed by atoms with Gasteiger partial charge < -0.3 is 15.1 Å². The van der Waals surface area contributed by atoms with Crippen molar-refractivity contribution < 1.29 is 4.79 Å². The number of benzene rings is 1. The quantitative estimate of drug-likeness (QED) is 0.873. The number of nitrogens with one attached hydrogen (secondary N) is 1. The number of amides is 2. The number of carbonyl (C=O) groups is 1. The zero-order valence-corrected chi connectivity index (χ0v) is 15.0. The van der Waals surface area contributed by atoms with E-state index in [1.807, 2.05) is 18.5 Å². The summed E-state index contributed by atoms with van der Waals surface area (Å²) in [6.45, 7) is 4.49. The molecule has 128 valence electrons. The summed E-state index contributed by atoms with van der Waals surface area (Å²) < 4.78 is 0. The zero-order chi connectivity index (χ0) is 16.8. The second-order valence-electron chi connectivity index (χ2n) is 6.36. The molecule has 1 fully saturated rings. The van der Waals surface area contributed by atoms with E-state index in [0.717, 1.165) is 19.6 Å². The summed E-state index contributed by atoms with van der Waals surface area (Å²) in [4.78, 5) is 17.5. The Balaban J connectivity index is 1.37. The van der Waals surface area contributed by atoms with Crippen LogP contribution in [0.2, 0.25) is 0 Å². The van der Waals surface area contributed by atoms with E-state index in [0.29, 0.717) is 19.0 Å². The first-order valence-corrected chi connectivity index (χ1v) is 9.39. The molecule has 1 aromatic heterocycles. The number of thiophene rings is 1. The van der Waals surface area contributed by atoms with Crippen LogP contribution in [0.15, 0.2) is 47.8 Å². The van der Waals surface area contributed by atoms with Gasteiger partial charge in [-0.1, -0.05) is 36.4 Å². The molecule has 1 aliphatic heterocycles. The standard InChI is InChI=1S/C19H25N3OS/c1-21(15-18-8-5-13-24-18)19(23)20-10-12-22-11-9-17(14-22)16-6-3-2-4-7-16/h2-8,13,17H,9-12,14-15H2,1H3,(H,20,23). The van der Waals surface area contributed by atoms with Crippen molar-refractivity contribution in [3.8, 4) is 0 Å². The summed E-state index contributed by atoms with van der Waals surface area (Å²) >= 11 is 1.68. The lowest BCUT2D eigenvalue weighted by Crippen LogP contribution is -2.40. The van der Waals surface area contributed by atoms with Gasteiger partial charge >= 0.3 is 6.03 Å². The fraction of sp³-hybridized carbons (Fsp3) is 0.421. The van der Waals surface area contributed by atoms with Gasteiger partial charge in [0, 0.05) is 31.6 Å². The normalized spacial score (nSPS) is 17.8. The molecular formula is C19H25N3OS. The molecule has 1 atom stereocenters. The smallest absolute Gasteiger partial charge is 0.317 e. The van der Waals surface area contributed by atoms with Crippen LogP contribution in [0.25, 0.3) is 0 Å². The maximum atomic E-state index is 12.1. The maximum absolute atomic E-state index is 12.1. The van der Waals surface area contributed by atoms with E-state index in [2.05, 4.69) is 46.6 Å². The summed E-state index contributed by atoms with van der Waals surface area (Å²) in [5.41, 5.74) is 1.43. The summed E-state index contributed by atoms with van der Waals surface area (Å²) in [6, 6.07) is 14.8. The molecule has 0 aliphatic carbocycles. The minimum absolute atomic E-state index is 0.00204. The van der Waals surface area contributed by atoms with Gasteiger partial charge in [-0.15, -0.1) is 11.3 Å². The molecule has 1 aliphatic rings. The summed E-state index contributed by atoms with van der Waals surface area (Å²) in [7, 11) is 1.84. The van der Waals surface area contributed by atoms with Crippen molar-refractivity contribution in [2.24, 2.45) is 0 Å². The first-order chi connectivity index (χ1) is 11.7. The Morgan fingerprint density at radius 3 is 2.88 bits per heavy atom. The molecule has 2 heterocycles. The van der Waals surface area contributed by atoms with Crippen LogP contribution in [0.5, 0.6) is 0 Å². The van der Waals surface area contributed by atoms with Gasteiger partial charge in [0.05, 0.1) is 6.54 Å². The van der Waals surface area contributed by atoms with Crippen molar-refractivity contribution >= 4 is 17.4 Å². The lowest BCUT2D eigenvalue weighted by molar-refractivity contribution is 0.205. The second kappa shape index (κ2) is 8.31. The predicted molar refractivity (Wildman–Crippen MR) is 99.4 cm³/mol. The van der Waals surface area contributed by atoms with Gasteiger partial charge in [0.1, 0.15) is 0 Å². The highest BCUT2D eigenvalue weighted by Crippen LogP contribution is 2.26. The first kappa shape index (κ1) is 17.0. The number of carbonyl (C=O) groups excluding carboxylic acids is 1. The minimum Gasteiger partial charge on any atom is -0.337 e. The van der Waals surface area contributed by atoms with Crippen LogP contribution in [-0.4, -0.2) is 49.1 Å². The van der Waals surface area contributed by atoms with Crippen LogP contribution < -0.4 is 5.32 Å². The van der Waals surface area contributed by atoms with Gasteiger partial charge in [0.15, 0.2) is 0 Å². The number of urea groups is 1. The lowest BCUT2D eigenvalue weighted by Gasteiger charge is -2.20. The Morgan fingerprint density at radius 2 is 2.12 bits per heavy atom. The van der Waals surface area contributed by atoms with Gasteiger partial charge in [-0.3, -0.25) is 0 Å². The molecule has 2 aromatic rings. The van der Waals surface area contributed by atoms with Crippen LogP contribution in [-0.2, 0) is 6.54 Å². The molecule has 4 nitrogen and oxygen atoms in total. The monoisotopic (exact) mass is 343 g/mol.